The molecular formula is C20H24N2O3. The van der Waals surface area contributed by atoms with E-state index >= 15 is 0 Å². The van der Waals surface area contributed by atoms with Crippen molar-refractivity contribution in [2.75, 3.05) is 19.6 Å². The van der Waals surface area contributed by atoms with Crippen molar-refractivity contribution in [1.29, 1.82) is 0 Å². The van der Waals surface area contributed by atoms with E-state index in [1.807, 2.05) is 26.0 Å². The van der Waals surface area contributed by atoms with E-state index in [2.05, 4.69) is 22.8 Å². The number of carbonyl (C=O) groups is 1. The molecule has 0 unspecified atom stereocenters. The van der Waals surface area contributed by atoms with Crippen LogP contribution in [0.3, 0.4) is 0 Å². The number of aryl methyl sites for hydroxylation is 2. The van der Waals surface area contributed by atoms with Crippen LogP contribution in [0.5, 0.6) is 5.75 Å². The maximum Gasteiger partial charge on any atom is 0.287 e. The average Bonchev–Trinajstić information content (AvgIpc) is 3.09. The molecule has 0 aliphatic carbocycles. The first-order valence-corrected chi connectivity index (χ1v) is 8.57. The predicted molar refractivity (Wildman–Crippen MR) is 96.9 cm³/mol. The minimum Gasteiger partial charge on any atom is -0.485 e. The van der Waals surface area contributed by atoms with Crippen LogP contribution >= 0.6 is 0 Å². The SMILES string of the molecule is Cc1ccc(OCc2ccc(C(=O)NCC3=CCNCC3)o2)c(C)c1. The molecule has 5 heteroatoms. The Morgan fingerprint density at radius 3 is 2.92 bits per heavy atom. The molecule has 0 spiro atoms. The Morgan fingerprint density at radius 1 is 1.28 bits per heavy atom. The molecule has 1 aromatic carbocycles. The number of nitrogens with one attached hydrogen (secondary N) is 2. The highest BCUT2D eigenvalue weighted by Crippen LogP contribution is 2.20. The monoisotopic (exact) mass is 340 g/mol. The lowest BCUT2D eigenvalue weighted by molar-refractivity contribution is 0.0925. The molecule has 1 amide bonds. The van der Waals surface area contributed by atoms with E-state index < -0.39 is 0 Å². The van der Waals surface area contributed by atoms with Gasteiger partial charge in [0.1, 0.15) is 18.1 Å². The number of furan rings is 1. The van der Waals surface area contributed by atoms with Gasteiger partial charge in [-0.25, -0.2) is 0 Å². The standard InChI is InChI=1S/C20H24N2O3/c1-14-3-5-18(15(2)11-14)24-13-17-4-6-19(25-17)20(23)22-12-16-7-9-21-10-8-16/h3-7,11,21H,8-10,12-13H2,1-2H3,(H,22,23). The summed E-state index contributed by atoms with van der Waals surface area (Å²) in [6, 6.07) is 9.51. The quantitative estimate of drug-likeness (QED) is 0.793. The van der Waals surface area contributed by atoms with E-state index in [-0.39, 0.29) is 5.91 Å². The summed E-state index contributed by atoms with van der Waals surface area (Å²) in [6.45, 7) is 6.75. The van der Waals surface area contributed by atoms with Crippen LogP contribution in [0, 0.1) is 13.8 Å². The maximum absolute atomic E-state index is 12.2. The molecule has 25 heavy (non-hydrogen) atoms. The van der Waals surface area contributed by atoms with Gasteiger partial charge in [0.15, 0.2) is 5.76 Å². The zero-order valence-corrected chi connectivity index (χ0v) is 14.7. The van der Waals surface area contributed by atoms with Crippen LogP contribution in [-0.2, 0) is 6.61 Å². The molecule has 3 rings (SSSR count). The van der Waals surface area contributed by atoms with Gasteiger partial charge in [-0.15, -0.1) is 0 Å². The summed E-state index contributed by atoms with van der Waals surface area (Å²) in [6.07, 6.45) is 3.09. The molecule has 1 aliphatic rings. The van der Waals surface area contributed by atoms with Crippen molar-refractivity contribution in [3.05, 3.63) is 64.6 Å². The van der Waals surface area contributed by atoms with E-state index in [0.29, 0.717) is 24.7 Å². The fourth-order valence-corrected chi connectivity index (χ4v) is 2.80. The van der Waals surface area contributed by atoms with Crippen LogP contribution < -0.4 is 15.4 Å². The van der Waals surface area contributed by atoms with Crippen LogP contribution in [0.2, 0.25) is 0 Å². The predicted octanol–water partition coefficient (Wildman–Crippen LogP) is 3.12. The van der Waals surface area contributed by atoms with Gasteiger partial charge in [-0.05, 0) is 50.6 Å². The van der Waals surface area contributed by atoms with Gasteiger partial charge in [0.05, 0.1) is 0 Å². The molecule has 2 aromatic rings. The second-order valence-corrected chi connectivity index (χ2v) is 6.32. The molecule has 1 aliphatic heterocycles. The Balaban J connectivity index is 1.52. The summed E-state index contributed by atoms with van der Waals surface area (Å²) in [4.78, 5) is 12.2. The number of hydrogen-bond donors (Lipinski definition) is 2. The molecule has 2 N–H and O–H groups in total. The molecule has 5 nitrogen and oxygen atoms in total. The second kappa shape index (κ2) is 8.03. The van der Waals surface area contributed by atoms with Crippen LogP contribution in [0.25, 0.3) is 0 Å². The molecule has 0 radical (unpaired) electrons. The Bertz CT molecular complexity index is 777. The van der Waals surface area contributed by atoms with E-state index in [0.717, 1.165) is 30.8 Å². The van der Waals surface area contributed by atoms with Crippen molar-refractivity contribution in [2.45, 2.75) is 26.9 Å². The van der Waals surface area contributed by atoms with Gasteiger partial charge in [0.2, 0.25) is 0 Å². The van der Waals surface area contributed by atoms with Gasteiger partial charge in [-0.1, -0.05) is 29.3 Å². The van der Waals surface area contributed by atoms with Crippen molar-refractivity contribution >= 4 is 5.91 Å². The molecule has 0 saturated heterocycles. The number of ether oxygens (including phenoxy) is 1. The molecule has 0 saturated carbocycles. The van der Waals surface area contributed by atoms with Crippen LogP contribution in [0.1, 0.15) is 33.9 Å². The largest absolute Gasteiger partial charge is 0.485 e. The normalized spacial score (nSPS) is 14.1. The van der Waals surface area contributed by atoms with E-state index in [9.17, 15) is 4.79 Å². The lowest BCUT2D eigenvalue weighted by Crippen LogP contribution is -2.29. The van der Waals surface area contributed by atoms with Crippen LogP contribution in [-0.4, -0.2) is 25.5 Å². The first kappa shape index (κ1) is 17.3. The van der Waals surface area contributed by atoms with E-state index in [4.69, 9.17) is 9.15 Å². The Labute approximate surface area is 148 Å². The summed E-state index contributed by atoms with van der Waals surface area (Å²) in [7, 11) is 0. The zero-order chi connectivity index (χ0) is 17.6. The van der Waals surface area contributed by atoms with Crippen LogP contribution in [0.15, 0.2) is 46.4 Å². The van der Waals surface area contributed by atoms with Gasteiger partial charge < -0.3 is 19.8 Å². The highest BCUT2D eigenvalue weighted by molar-refractivity contribution is 5.91. The first-order chi connectivity index (χ1) is 12.1. The lowest BCUT2D eigenvalue weighted by Gasteiger charge is -2.14. The molecule has 0 atom stereocenters. The maximum atomic E-state index is 12.2. The summed E-state index contributed by atoms with van der Waals surface area (Å²) in [5, 5.41) is 6.15. The smallest absolute Gasteiger partial charge is 0.287 e. The first-order valence-electron chi connectivity index (χ1n) is 8.57. The minimum absolute atomic E-state index is 0.197. The summed E-state index contributed by atoms with van der Waals surface area (Å²) >= 11 is 0. The lowest BCUT2D eigenvalue weighted by atomic mass is 10.1. The van der Waals surface area contributed by atoms with Crippen molar-refractivity contribution in [3.63, 3.8) is 0 Å². The number of benzene rings is 1. The number of amides is 1. The highest BCUT2D eigenvalue weighted by Gasteiger charge is 2.13. The Hall–Kier alpha value is -2.53. The number of carbonyl (C=O) groups excluding carboxylic acids is 1. The fourth-order valence-electron chi connectivity index (χ4n) is 2.80. The molecular weight excluding hydrogens is 316 g/mol. The van der Waals surface area contributed by atoms with Gasteiger partial charge in [0, 0.05) is 13.1 Å². The highest BCUT2D eigenvalue weighted by atomic mass is 16.5. The third kappa shape index (κ3) is 4.73. The van der Waals surface area contributed by atoms with Crippen molar-refractivity contribution in [1.82, 2.24) is 10.6 Å². The van der Waals surface area contributed by atoms with E-state index in [1.165, 1.54) is 11.1 Å². The number of hydrogen-bond acceptors (Lipinski definition) is 4. The summed E-state index contributed by atoms with van der Waals surface area (Å²) in [5.41, 5.74) is 3.53. The molecule has 0 fully saturated rings. The topological polar surface area (TPSA) is 63.5 Å². The van der Waals surface area contributed by atoms with Crippen molar-refractivity contribution in [2.24, 2.45) is 0 Å². The van der Waals surface area contributed by atoms with Gasteiger partial charge in [0.25, 0.3) is 5.91 Å². The third-order valence-corrected chi connectivity index (χ3v) is 4.22. The average molecular weight is 340 g/mol. The summed E-state index contributed by atoms with van der Waals surface area (Å²) in [5.74, 6) is 1.57. The molecule has 2 heterocycles. The minimum atomic E-state index is -0.197. The third-order valence-electron chi connectivity index (χ3n) is 4.22. The van der Waals surface area contributed by atoms with Gasteiger partial charge in [-0.2, -0.15) is 0 Å². The molecule has 1 aromatic heterocycles. The van der Waals surface area contributed by atoms with Crippen molar-refractivity contribution in [3.8, 4) is 5.75 Å². The molecule has 132 valence electrons. The Kier molecular flexibility index (Phi) is 5.56. The van der Waals surface area contributed by atoms with Crippen LogP contribution in [0.4, 0.5) is 0 Å². The summed E-state index contributed by atoms with van der Waals surface area (Å²) < 4.78 is 11.4. The van der Waals surface area contributed by atoms with E-state index in [1.54, 1.807) is 12.1 Å². The Morgan fingerprint density at radius 2 is 2.16 bits per heavy atom. The van der Waals surface area contributed by atoms with Gasteiger partial charge >= 0.3 is 0 Å². The fraction of sp³-hybridized carbons (Fsp3) is 0.350. The number of rotatable bonds is 6. The molecule has 0 bridgehead atoms. The zero-order valence-electron chi connectivity index (χ0n) is 14.7. The van der Waals surface area contributed by atoms with Gasteiger partial charge in [-0.3, -0.25) is 4.79 Å². The second-order valence-electron chi connectivity index (χ2n) is 6.32. The van der Waals surface area contributed by atoms with Crippen molar-refractivity contribution < 1.29 is 13.9 Å².